The summed E-state index contributed by atoms with van der Waals surface area (Å²) in [6, 6.07) is 10.7. The summed E-state index contributed by atoms with van der Waals surface area (Å²) in [5, 5.41) is 10.8. The van der Waals surface area contributed by atoms with E-state index in [4.69, 9.17) is 5.26 Å². The Kier molecular flexibility index (Phi) is 4.41. The first-order chi connectivity index (χ1) is 10.7. The van der Waals surface area contributed by atoms with Crippen LogP contribution in [-0.4, -0.2) is 15.7 Å². The fraction of sp³-hybridized carbons (Fsp3) is 0.235. The highest BCUT2D eigenvalue weighted by atomic mass is 32.2. The van der Waals surface area contributed by atoms with Gasteiger partial charge in [-0.15, -0.1) is 23.1 Å². The molecule has 0 fully saturated rings. The van der Waals surface area contributed by atoms with E-state index < -0.39 is 0 Å². The SMILES string of the molecule is Cc1ccc(-c2c(C)sc3ncnc(SCCC#N)c23)cc1. The van der Waals surface area contributed by atoms with Crippen molar-refractivity contribution in [2.75, 3.05) is 5.75 Å². The molecule has 0 unspecified atom stereocenters. The molecule has 0 saturated carbocycles. The number of benzene rings is 1. The van der Waals surface area contributed by atoms with E-state index in [0.29, 0.717) is 6.42 Å². The van der Waals surface area contributed by atoms with Crippen molar-refractivity contribution < 1.29 is 0 Å². The van der Waals surface area contributed by atoms with Crippen LogP contribution in [0.25, 0.3) is 21.3 Å². The minimum atomic E-state index is 0.527. The topological polar surface area (TPSA) is 49.6 Å². The monoisotopic (exact) mass is 325 g/mol. The van der Waals surface area contributed by atoms with Crippen LogP contribution in [0.1, 0.15) is 16.9 Å². The Bertz CT molecular complexity index is 845. The zero-order valence-electron chi connectivity index (χ0n) is 12.5. The average Bonchev–Trinajstić information content (AvgIpc) is 2.85. The number of aromatic nitrogens is 2. The van der Waals surface area contributed by atoms with Gasteiger partial charge in [0.05, 0.1) is 11.5 Å². The number of nitriles is 1. The predicted molar refractivity (Wildman–Crippen MR) is 93.3 cm³/mol. The lowest BCUT2D eigenvalue weighted by Crippen LogP contribution is -1.88. The van der Waals surface area contributed by atoms with Gasteiger partial charge in [0.25, 0.3) is 0 Å². The summed E-state index contributed by atoms with van der Waals surface area (Å²) in [5.41, 5.74) is 3.67. The standard InChI is InChI=1S/C17H15N3S2/c1-11-4-6-13(7-5-11)14-12(2)22-17-15(14)16(19-10-20-17)21-9-3-8-18/h4-7,10H,3,9H2,1-2H3. The Balaban J connectivity index is 2.14. The van der Waals surface area contributed by atoms with Gasteiger partial charge in [0.15, 0.2) is 0 Å². The summed E-state index contributed by atoms with van der Waals surface area (Å²) in [6.07, 6.45) is 2.14. The number of thiophene rings is 1. The zero-order chi connectivity index (χ0) is 15.5. The van der Waals surface area contributed by atoms with E-state index in [2.05, 4.69) is 54.2 Å². The summed E-state index contributed by atoms with van der Waals surface area (Å²) in [5.74, 6) is 0.755. The Morgan fingerprint density at radius 3 is 2.68 bits per heavy atom. The molecule has 0 bridgehead atoms. The van der Waals surface area contributed by atoms with Crippen molar-refractivity contribution in [3.8, 4) is 17.2 Å². The van der Waals surface area contributed by atoms with Crippen molar-refractivity contribution in [2.45, 2.75) is 25.3 Å². The minimum Gasteiger partial charge on any atom is -0.229 e. The lowest BCUT2D eigenvalue weighted by atomic mass is 10.0. The van der Waals surface area contributed by atoms with Crippen LogP contribution >= 0.6 is 23.1 Å². The van der Waals surface area contributed by atoms with Gasteiger partial charge in [-0.3, -0.25) is 0 Å². The minimum absolute atomic E-state index is 0.527. The van der Waals surface area contributed by atoms with Gasteiger partial charge in [0, 0.05) is 22.6 Å². The maximum atomic E-state index is 8.73. The van der Waals surface area contributed by atoms with E-state index in [1.54, 1.807) is 29.4 Å². The number of nitrogens with zero attached hydrogens (tertiary/aromatic N) is 3. The quantitative estimate of drug-likeness (QED) is 0.385. The Hall–Kier alpha value is -1.90. The fourth-order valence-electron chi connectivity index (χ4n) is 2.39. The van der Waals surface area contributed by atoms with E-state index in [1.165, 1.54) is 21.6 Å². The molecular formula is C17H15N3S2. The van der Waals surface area contributed by atoms with Gasteiger partial charge in [-0.1, -0.05) is 29.8 Å². The van der Waals surface area contributed by atoms with E-state index in [0.717, 1.165) is 21.0 Å². The number of thioether (sulfide) groups is 1. The Morgan fingerprint density at radius 1 is 1.18 bits per heavy atom. The molecule has 3 nitrogen and oxygen atoms in total. The molecule has 110 valence electrons. The molecule has 0 spiro atoms. The third-order valence-corrected chi connectivity index (χ3v) is 5.43. The second kappa shape index (κ2) is 6.47. The summed E-state index contributed by atoms with van der Waals surface area (Å²) < 4.78 is 0. The van der Waals surface area contributed by atoms with E-state index in [-0.39, 0.29) is 0 Å². The highest BCUT2D eigenvalue weighted by Crippen LogP contribution is 2.41. The maximum Gasteiger partial charge on any atom is 0.128 e. The molecule has 0 radical (unpaired) electrons. The summed E-state index contributed by atoms with van der Waals surface area (Å²) in [6.45, 7) is 4.22. The highest BCUT2D eigenvalue weighted by Gasteiger charge is 2.16. The average molecular weight is 325 g/mol. The number of aryl methyl sites for hydroxylation is 2. The highest BCUT2D eigenvalue weighted by molar-refractivity contribution is 7.99. The first-order valence-corrected chi connectivity index (χ1v) is 8.82. The van der Waals surface area contributed by atoms with E-state index in [9.17, 15) is 0 Å². The first-order valence-electron chi connectivity index (χ1n) is 7.01. The molecule has 2 aromatic heterocycles. The molecule has 3 rings (SSSR count). The van der Waals surface area contributed by atoms with Crippen molar-refractivity contribution in [1.29, 1.82) is 5.26 Å². The second-order valence-corrected chi connectivity index (χ2v) is 7.30. The zero-order valence-corrected chi connectivity index (χ0v) is 14.1. The van der Waals surface area contributed by atoms with Gasteiger partial charge >= 0.3 is 0 Å². The first kappa shape index (κ1) is 15.0. The number of hydrogen-bond acceptors (Lipinski definition) is 5. The lowest BCUT2D eigenvalue weighted by molar-refractivity contribution is 1.10. The Labute approximate surface area is 138 Å². The molecule has 0 aliphatic rings. The van der Waals surface area contributed by atoms with E-state index >= 15 is 0 Å². The molecule has 0 N–H and O–H groups in total. The molecule has 5 heteroatoms. The van der Waals surface area contributed by atoms with Crippen LogP contribution in [0, 0.1) is 25.2 Å². The van der Waals surface area contributed by atoms with Gasteiger partial charge in [-0.05, 0) is 19.4 Å². The van der Waals surface area contributed by atoms with Crippen LogP contribution in [0.5, 0.6) is 0 Å². The van der Waals surface area contributed by atoms with Gasteiger partial charge in [-0.2, -0.15) is 5.26 Å². The molecule has 2 heterocycles. The Morgan fingerprint density at radius 2 is 1.95 bits per heavy atom. The third-order valence-electron chi connectivity index (χ3n) is 3.42. The lowest BCUT2D eigenvalue weighted by Gasteiger charge is -2.06. The molecule has 1 aromatic carbocycles. The smallest absolute Gasteiger partial charge is 0.128 e. The number of hydrogen-bond donors (Lipinski definition) is 0. The predicted octanol–water partition coefficient (Wildman–Crippen LogP) is 4.98. The van der Waals surface area contributed by atoms with Gasteiger partial charge in [0.2, 0.25) is 0 Å². The largest absolute Gasteiger partial charge is 0.229 e. The van der Waals surface area contributed by atoms with Crippen LogP contribution in [0.3, 0.4) is 0 Å². The van der Waals surface area contributed by atoms with Crippen LogP contribution in [0.4, 0.5) is 0 Å². The molecule has 0 saturated heterocycles. The van der Waals surface area contributed by atoms with Gasteiger partial charge < -0.3 is 0 Å². The molecular weight excluding hydrogens is 310 g/mol. The van der Waals surface area contributed by atoms with Crippen LogP contribution in [0.2, 0.25) is 0 Å². The van der Waals surface area contributed by atoms with Crippen molar-refractivity contribution >= 4 is 33.3 Å². The molecule has 0 aliphatic carbocycles. The van der Waals surface area contributed by atoms with Crippen molar-refractivity contribution in [3.05, 3.63) is 41.0 Å². The van der Waals surface area contributed by atoms with Crippen LogP contribution < -0.4 is 0 Å². The van der Waals surface area contributed by atoms with Crippen LogP contribution in [-0.2, 0) is 0 Å². The molecule has 0 amide bonds. The maximum absolute atomic E-state index is 8.73. The number of rotatable bonds is 4. The normalized spacial score (nSPS) is 10.8. The summed E-state index contributed by atoms with van der Waals surface area (Å²) >= 11 is 3.33. The number of fused-ring (bicyclic) bond motifs is 1. The van der Waals surface area contributed by atoms with Crippen LogP contribution in [0.15, 0.2) is 35.6 Å². The molecule has 0 aliphatic heterocycles. The molecule has 0 atom stereocenters. The molecule has 22 heavy (non-hydrogen) atoms. The van der Waals surface area contributed by atoms with E-state index in [1.807, 2.05) is 0 Å². The summed E-state index contributed by atoms with van der Waals surface area (Å²) in [4.78, 5) is 11.1. The summed E-state index contributed by atoms with van der Waals surface area (Å²) in [7, 11) is 0. The second-order valence-electron chi connectivity index (χ2n) is 5.01. The van der Waals surface area contributed by atoms with Gasteiger partial charge in [0.1, 0.15) is 16.2 Å². The fourth-order valence-corrected chi connectivity index (χ4v) is 4.32. The molecule has 3 aromatic rings. The van der Waals surface area contributed by atoms with Crippen molar-refractivity contribution in [3.63, 3.8) is 0 Å². The van der Waals surface area contributed by atoms with Crippen molar-refractivity contribution in [1.82, 2.24) is 9.97 Å². The van der Waals surface area contributed by atoms with Crippen molar-refractivity contribution in [2.24, 2.45) is 0 Å². The third kappa shape index (κ3) is 2.85. The van der Waals surface area contributed by atoms with Gasteiger partial charge in [-0.25, -0.2) is 9.97 Å².